The van der Waals surface area contributed by atoms with Crippen molar-refractivity contribution in [3.8, 4) is 5.75 Å². The number of carbonyl (C=O) groups excluding carboxylic acids is 2. The molecule has 2 aliphatic heterocycles. The minimum atomic E-state index is -0.375. The van der Waals surface area contributed by atoms with Gasteiger partial charge in [-0.1, -0.05) is 35.7 Å². The van der Waals surface area contributed by atoms with E-state index in [4.69, 9.17) is 5.11 Å². The molecule has 0 atom stereocenters. The fourth-order valence-electron chi connectivity index (χ4n) is 3.33. The van der Waals surface area contributed by atoms with Crippen molar-refractivity contribution < 1.29 is 14.7 Å². The summed E-state index contributed by atoms with van der Waals surface area (Å²) in [4.78, 5) is 26.7. The number of hydrogen-bond donors (Lipinski definition) is 1. The highest BCUT2D eigenvalue weighted by Gasteiger charge is 2.18. The summed E-state index contributed by atoms with van der Waals surface area (Å²) >= 11 is 0. The summed E-state index contributed by atoms with van der Waals surface area (Å²) in [6, 6.07) is 6.62. The van der Waals surface area contributed by atoms with Gasteiger partial charge in [0.15, 0.2) is 0 Å². The molecule has 0 spiro atoms. The number of amides is 4. The summed E-state index contributed by atoms with van der Waals surface area (Å²) in [5.74, 6) is 0.347. The fourth-order valence-corrected chi connectivity index (χ4v) is 3.33. The molecule has 4 amide bonds. The van der Waals surface area contributed by atoms with Crippen LogP contribution >= 0.6 is 0 Å². The van der Waals surface area contributed by atoms with Crippen LogP contribution < -0.4 is 0 Å². The van der Waals surface area contributed by atoms with Crippen molar-refractivity contribution in [1.82, 2.24) is 9.80 Å². The number of aryl methyl sites for hydroxylation is 1. The van der Waals surface area contributed by atoms with E-state index in [0.717, 1.165) is 77.5 Å². The fraction of sp³-hybridized carbons (Fsp3) is 0.619. The molecule has 0 aliphatic carbocycles. The first-order chi connectivity index (χ1) is 13.6. The Morgan fingerprint density at radius 2 is 1.25 bits per heavy atom. The monoisotopic (exact) mass is 388 g/mol. The van der Waals surface area contributed by atoms with Gasteiger partial charge in [0, 0.05) is 26.2 Å². The van der Waals surface area contributed by atoms with Crippen LogP contribution in [0.25, 0.3) is 0 Å². The SMILES string of the molecule is CCCc1ccc(O)cc1.O=C(N=NC(=O)N1CCCCC1)N1CCCCC1. The standard InChI is InChI=1S/C12H20N4O2.C9H12O/c17-11(15-7-3-1-4-8-15)13-14-12(18)16-9-5-2-6-10-16;1-2-3-8-4-6-9(10)7-5-8/h1-10H2;4-7,10H,2-3H2,1H3. The Morgan fingerprint density at radius 3 is 1.64 bits per heavy atom. The number of carbonyl (C=O) groups is 2. The maximum atomic E-state index is 11.7. The smallest absolute Gasteiger partial charge is 0.362 e. The highest BCUT2D eigenvalue weighted by atomic mass is 16.3. The minimum absolute atomic E-state index is 0.347. The zero-order valence-electron chi connectivity index (χ0n) is 16.8. The molecule has 2 fully saturated rings. The Morgan fingerprint density at radius 1 is 0.821 bits per heavy atom. The van der Waals surface area contributed by atoms with E-state index in [9.17, 15) is 9.59 Å². The van der Waals surface area contributed by atoms with Gasteiger partial charge in [-0.25, -0.2) is 9.59 Å². The molecule has 2 aliphatic rings. The molecule has 1 N–H and O–H groups in total. The van der Waals surface area contributed by atoms with Gasteiger partial charge in [0.2, 0.25) is 0 Å². The lowest BCUT2D eigenvalue weighted by molar-refractivity contribution is 0.187. The Bertz CT molecular complexity index is 602. The number of phenols is 1. The van der Waals surface area contributed by atoms with Crippen molar-refractivity contribution in [1.29, 1.82) is 0 Å². The second-order valence-corrected chi connectivity index (χ2v) is 7.28. The molecule has 7 heteroatoms. The second kappa shape index (κ2) is 12.1. The average molecular weight is 389 g/mol. The third-order valence-corrected chi connectivity index (χ3v) is 4.95. The molecule has 7 nitrogen and oxygen atoms in total. The molecule has 1 aromatic carbocycles. The molecule has 0 bridgehead atoms. The maximum Gasteiger partial charge on any atom is 0.362 e. The van der Waals surface area contributed by atoms with Crippen molar-refractivity contribution in [2.24, 2.45) is 10.2 Å². The third kappa shape index (κ3) is 7.66. The molecule has 1 aromatic rings. The van der Waals surface area contributed by atoms with Crippen LogP contribution in [0, 0.1) is 0 Å². The molecule has 0 saturated carbocycles. The predicted octanol–water partition coefficient (Wildman–Crippen LogP) is 5.00. The summed E-state index contributed by atoms with van der Waals surface area (Å²) in [5.41, 5.74) is 1.29. The number of phenolic OH excluding ortho intramolecular Hbond substituents is 1. The van der Waals surface area contributed by atoms with Crippen LogP contribution in [0.4, 0.5) is 9.59 Å². The highest BCUT2D eigenvalue weighted by Crippen LogP contribution is 2.12. The largest absolute Gasteiger partial charge is 0.508 e. The maximum absolute atomic E-state index is 11.7. The zero-order valence-corrected chi connectivity index (χ0v) is 16.8. The second-order valence-electron chi connectivity index (χ2n) is 7.28. The van der Waals surface area contributed by atoms with Crippen LogP contribution in [0.3, 0.4) is 0 Å². The van der Waals surface area contributed by atoms with Crippen LogP contribution in [0.5, 0.6) is 5.75 Å². The summed E-state index contributed by atoms with van der Waals surface area (Å²) in [7, 11) is 0. The number of hydrogen-bond acceptors (Lipinski definition) is 3. The topological polar surface area (TPSA) is 85.6 Å². The Balaban J connectivity index is 0.000000237. The first-order valence-electron chi connectivity index (χ1n) is 10.4. The van der Waals surface area contributed by atoms with Gasteiger partial charge in [-0.05, 0) is 62.6 Å². The predicted molar refractivity (Wildman–Crippen MR) is 109 cm³/mol. The van der Waals surface area contributed by atoms with Gasteiger partial charge in [0.1, 0.15) is 5.75 Å². The van der Waals surface area contributed by atoms with Crippen molar-refractivity contribution in [3.05, 3.63) is 29.8 Å². The third-order valence-electron chi connectivity index (χ3n) is 4.95. The van der Waals surface area contributed by atoms with Crippen LogP contribution in [0.15, 0.2) is 34.5 Å². The van der Waals surface area contributed by atoms with E-state index in [2.05, 4.69) is 17.2 Å². The molecule has 2 heterocycles. The Kier molecular flexibility index (Phi) is 9.45. The Hall–Kier alpha value is -2.44. The number of benzene rings is 1. The normalized spacial score (nSPS) is 17.2. The molecule has 0 unspecified atom stereocenters. The van der Waals surface area contributed by atoms with Gasteiger partial charge in [-0.3, -0.25) is 0 Å². The summed E-state index contributed by atoms with van der Waals surface area (Å²) < 4.78 is 0. The molecular weight excluding hydrogens is 356 g/mol. The first-order valence-corrected chi connectivity index (χ1v) is 10.4. The quantitative estimate of drug-likeness (QED) is 0.724. The van der Waals surface area contributed by atoms with Crippen molar-refractivity contribution in [2.45, 2.75) is 58.3 Å². The number of nitrogens with zero attached hydrogens (tertiary/aromatic N) is 4. The van der Waals surface area contributed by atoms with Gasteiger partial charge >= 0.3 is 12.1 Å². The molecule has 3 rings (SSSR count). The molecule has 154 valence electrons. The first kappa shape index (κ1) is 21.9. The van der Waals surface area contributed by atoms with Crippen LogP contribution in [-0.4, -0.2) is 53.1 Å². The highest BCUT2D eigenvalue weighted by molar-refractivity contribution is 5.79. The van der Waals surface area contributed by atoms with Gasteiger partial charge in [-0.2, -0.15) is 0 Å². The van der Waals surface area contributed by atoms with E-state index >= 15 is 0 Å². The summed E-state index contributed by atoms with van der Waals surface area (Å²) in [6.45, 7) is 5.07. The van der Waals surface area contributed by atoms with Crippen LogP contribution in [0.1, 0.15) is 57.4 Å². The van der Waals surface area contributed by atoms with E-state index in [-0.39, 0.29) is 12.1 Å². The van der Waals surface area contributed by atoms with Gasteiger partial charge in [0.25, 0.3) is 0 Å². The van der Waals surface area contributed by atoms with Crippen molar-refractivity contribution >= 4 is 12.1 Å². The zero-order chi connectivity index (χ0) is 20.2. The van der Waals surface area contributed by atoms with Crippen molar-refractivity contribution in [2.75, 3.05) is 26.2 Å². The number of rotatable bonds is 2. The van der Waals surface area contributed by atoms with E-state index < -0.39 is 0 Å². The van der Waals surface area contributed by atoms with E-state index in [1.165, 1.54) is 5.56 Å². The molecule has 0 aromatic heterocycles. The lowest BCUT2D eigenvalue weighted by atomic mass is 10.1. The number of azo groups is 1. The molecule has 0 radical (unpaired) electrons. The van der Waals surface area contributed by atoms with E-state index in [0.29, 0.717) is 5.75 Å². The molecular formula is C21H32N4O3. The lowest BCUT2D eigenvalue weighted by Crippen LogP contribution is -2.35. The van der Waals surface area contributed by atoms with Gasteiger partial charge in [0.05, 0.1) is 0 Å². The lowest BCUT2D eigenvalue weighted by Gasteiger charge is -2.25. The van der Waals surface area contributed by atoms with Crippen LogP contribution in [0.2, 0.25) is 0 Å². The van der Waals surface area contributed by atoms with Gasteiger partial charge < -0.3 is 14.9 Å². The number of piperidine rings is 2. The number of likely N-dealkylation sites (tertiary alicyclic amines) is 2. The minimum Gasteiger partial charge on any atom is -0.508 e. The molecule has 2 saturated heterocycles. The summed E-state index contributed by atoms with van der Waals surface area (Å²) in [5, 5.41) is 16.0. The van der Waals surface area contributed by atoms with Crippen LogP contribution in [-0.2, 0) is 6.42 Å². The number of urea groups is 2. The average Bonchev–Trinajstić information content (AvgIpc) is 2.75. The summed E-state index contributed by atoms with van der Waals surface area (Å²) in [6.07, 6.45) is 8.64. The van der Waals surface area contributed by atoms with Crippen molar-refractivity contribution in [3.63, 3.8) is 0 Å². The van der Waals surface area contributed by atoms with E-state index in [1.54, 1.807) is 21.9 Å². The van der Waals surface area contributed by atoms with E-state index in [1.807, 2.05) is 12.1 Å². The molecule has 28 heavy (non-hydrogen) atoms. The Labute approximate surface area is 167 Å². The number of aromatic hydroxyl groups is 1. The van der Waals surface area contributed by atoms with Gasteiger partial charge in [-0.15, -0.1) is 0 Å².